The van der Waals surface area contributed by atoms with Crippen LogP contribution in [0.4, 0.5) is 5.00 Å². The Morgan fingerprint density at radius 1 is 1.37 bits per heavy atom. The Hall–Kier alpha value is -1.56. The molecule has 1 aromatic heterocycles. The van der Waals surface area contributed by atoms with E-state index in [1.54, 1.807) is 21.0 Å². The average molecular weight is 284 g/mol. The maximum absolute atomic E-state index is 12.0. The van der Waals surface area contributed by atoms with Crippen molar-refractivity contribution in [3.05, 3.63) is 16.0 Å². The van der Waals surface area contributed by atoms with Crippen molar-refractivity contribution in [1.82, 2.24) is 4.90 Å². The maximum Gasteiger partial charge on any atom is 0.348 e. The number of nitrogens with two attached hydrogens (primary N) is 1. The summed E-state index contributed by atoms with van der Waals surface area (Å²) in [5.41, 5.74) is 6.83. The predicted octanol–water partition coefficient (Wildman–Crippen LogP) is 2.15. The van der Waals surface area contributed by atoms with Crippen LogP contribution in [0.5, 0.6) is 0 Å². The third-order valence-electron chi connectivity index (χ3n) is 2.53. The van der Waals surface area contributed by atoms with Crippen molar-refractivity contribution >= 4 is 28.2 Å². The Kier molecular flexibility index (Phi) is 4.94. The van der Waals surface area contributed by atoms with E-state index in [1.807, 2.05) is 13.8 Å². The lowest BCUT2D eigenvalue weighted by molar-refractivity contribution is 0.0464. The number of carbonyl (C=O) groups is 2. The second-order valence-corrected chi connectivity index (χ2v) is 6.04. The fourth-order valence-corrected chi connectivity index (χ4v) is 2.49. The number of hydrogen-bond acceptors (Lipinski definition) is 5. The van der Waals surface area contributed by atoms with Crippen LogP contribution in [0.25, 0.3) is 0 Å². The van der Waals surface area contributed by atoms with Crippen LogP contribution in [-0.4, -0.2) is 37.5 Å². The summed E-state index contributed by atoms with van der Waals surface area (Å²) >= 11 is 1.10. The van der Waals surface area contributed by atoms with Gasteiger partial charge in [0.2, 0.25) is 0 Å². The molecule has 1 heterocycles. The first-order valence-corrected chi connectivity index (χ1v) is 6.85. The maximum atomic E-state index is 12.0. The van der Waals surface area contributed by atoms with Gasteiger partial charge >= 0.3 is 5.97 Å². The SMILES string of the molecule is Cc1c(C(=O)OCC(C)C)sc(N)c1C(=O)N(C)C. The molecule has 0 saturated carbocycles. The molecule has 1 aromatic rings. The van der Waals surface area contributed by atoms with E-state index in [0.717, 1.165) is 11.3 Å². The van der Waals surface area contributed by atoms with Crippen molar-refractivity contribution in [1.29, 1.82) is 0 Å². The number of nitrogens with zero attached hydrogens (tertiary/aromatic N) is 1. The lowest BCUT2D eigenvalue weighted by atomic mass is 10.1. The Bertz CT molecular complexity index is 492. The summed E-state index contributed by atoms with van der Waals surface area (Å²) in [6, 6.07) is 0. The number of carbonyl (C=O) groups excluding carboxylic acids is 2. The molecule has 19 heavy (non-hydrogen) atoms. The van der Waals surface area contributed by atoms with Crippen LogP contribution in [-0.2, 0) is 4.74 Å². The highest BCUT2D eigenvalue weighted by atomic mass is 32.1. The zero-order valence-electron chi connectivity index (χ0n) is 11.9. The Morgan fingerprint density at radius 3 is 2.42 bits per heavy atom. The molecule has 0 aromatic carbocycles. The highest BCUT2D eigenvalue weighted by molar-refractivity contribution is 7.18. The fourth-order valence-electron chi connectivity index (χ4n) is 1.53. The molecule has 0 bridgehead atoms. The first kappa shape index (κ1) is 15.5. The second kappa shape index (κ2) is 6.06. The van der Waals surface area contributed by atoms with Gasteiger partial charge in [0.1, 0.15) is 4.88 Å². The normalized spacial score (nSPS) is 10.6. The van der Waals surface area contributed by atoms with Crippen LogP contribution >= 0.6 is 11.3 Å². The van der Waals surface area contributed by atoms with Gasteiger partial charge in [0.25, 0.3) is 5.91 Å². The number of hydrogen-bond donors (Lipinski definition) is 1. The molecule has 1 rings (SSSR count). The lowest BCUT2D eigenvalue weighted by Crippen LogP contribution is -2.23. The molecule has 0 aliphatic heterocycles. The molecule has 0 saturated heterocycles. The molecule has 2 N–H and O–H groups in total. The molecule has 1 amide bonds. The number of amides is 1. The van der Waals surface area contributed by atoms with E-state index in [2.05, 4.69) is 0 Å². The van der Waals surface area contributed by atoms with Crippen LogP contribution < -0.4 is 5.73 Å². The highest BCUT2D eigenvalue weighted by Gasteiger charge is 2.25. The largest absolute Gasteiger partial charge is 0.461 e. The number of ether oxygens (including phenoxy) is 1. The zero-order chi connectivity index (χ0) is 14.7. The molecule has 6 heteroatoms. The first-order chi connectivity index (χ1) is 8.75. The number of esters is 1. The van der Waals surface area contributed by atoms with Gasteiger partial charge in [-0.1, -0.05) is 13.8 Å². The van der Waals surface area contributed by atoms with Crippen molar-refractivity contribution in [3.63, 3.8) is 0 Å². The van der Waals surface area contributed by atoms with Crippen LogP contribution in [0.1, 0.15) is 39.4 Å². The van der Waals surface area contributed by atoms with E-state index in [9.17, 15) is 9.59 Å². The number of thiophene rings is 1. The molecule has 0 fully saturated rings. The third-order valence-corrected chi connectivity index (χ3v) is 3.63. The average Bonchev–Trinajstić information content (AvgIpc) is 2.60. The van der Waals surface area contributed by atoms with E-state index in [1.165, 1.54) is 4.90 Å². The summed E-state index contributed by atoms with van der Waals surface area (Å²) in [5, 5.41) is 0.354. The van der Waals surface area contributed by atoms with E-state index in [4.69, 9.17) is 10.5 Å². The molecule has 0 radical (unpaired) electrons. The highest BCUT2D eigenvalue weighted by Crippen LogP contribution is 2.31. The summed E-state index contributed by atoms with van der Waals surface area (Å²) in [5.74, 6) is -0.348. The quantitative estimate of drug-likeness (QED) is 0.860. The van der Waals surface area contributed by atoms with Crippen LogP contribution in [0, 0.1) is 12.8 Å². The lowest BCUT2D eigenvalue weighted by Gasteiger charge is -2.10. The monoisotopic (exact) mass is 284 g/mol. The standard InChI is InChI=1S/C13H20N2O3S/c1-7(2)6-18-13(17)10-8(3)9(11(14)19-10)12(16)15(4)5/h7H,6,14H2,1-5H3. The zero-order valence-corrected chi connectivity index (χ0v) is 12.8. The van der Waals surface area contributed by atoms with Crippen LogP contribution in [0.2, 0.25) is 0 Å². The smallest absolute Gasteiger partial charge is 0.348 e. The summed E-state index contributed by atoms with van der Waals surface area (Å²) in [6.45, 7) is 6.00. The summed E-state index contributed by atoms with van der Waals surface area (Å²) in [4.78, 5) is 25.8. The van der Waals surface area contributed by atoms with E-state index in [-0.39, 0.29) is 11.8 Å². The minimum atomic E-state index is -0.416. The van der Waals surface area contributed by atoms with Crippen molar-refractivity contribution in [2.75, 3.05) is 26.4 Å². The van der Waals surface area contributed by atoms with Gasteiger partial charge in [-0.15, -0.1) is 11.3 Å². The van der Waals surface area contributed by atoms with Gasteiger partial charge in [0, 0.05) is 14.1 Å². The summed E-state index contributed by atoms with van der Waals surface area (Å²) < 4.78 is 5.17. The van der Waals surface area contributed by atoms with Crippen molar-refractivity contribution in [2.24, 2.45) is 5.92 Å². The predicted molar refractivity (Wildman–Crippen MR) is 76.6 cm³/mol. The number of anilines is 1. The minimum absolute atomic E-state index is 0.200. The van der Waals surface area contributed by atoms with Gasteiger partial charge in [-0.3, -0.25) is 4.79 Å². The summed E-state index contributed by atoms with van der Waals surface area (Å²) in [6.07, 6.45) is 0. The van der Waals surface area contributed by atoms with Crippen LogP contribution in [0.15, 0.2) is 0 Å². The van der Waals surface area contributed by atoms with Gasteiger partial charge < -0.3 is 15.4 Å². The van der Waals surface area contributed by atoms with Crippen LogP contribution in [0.3, 0.4) is 0 Å². The molecular weight excluding hydrogens is 264 g/mol. The summed E-state index contributed by atoms with van der Waals surface area (Å²) in [7, 11) is 3.30. The molecule has 0 aliphatic rings. The Balaban J connectivity index is 3.03. The van der Waals surface area contributed by atoms with Gasteiger partial charge in [-0.05, 0) is 18.4 Å². The van der Waals surface area contributed by atoms with Gasteiger partial charge in [-0.2, -0.15) is 0 Å². The topological polar surface area (TPSA) is 72.6 Å². The Labute approximate surface area is 117 Å². The second-order valence-electron chi connectivity index (χ2n) is 4.99. The molecule has 0 aliphatic carbocycles. The molecular formula is C13H20N2O3S. The number of nitrogen functional groups attached to an aromatic ring is 1. The van der Waals surface area contributed by atoms with E-state index >= 15 is 0 Å². The molecule has 0 atom stereocenters. The van der Waals surface area contributed by atoms with Crippen molar-refractivity contribution < 1.29 is 14.3 Å². The molecule has 0 unspecified atom stereocenters. The van der Waals surface area contributed by atoms with Gasteiger partial charge in [-0.25, -0.2) is 4.79 Å². The molecule has 0 spiro atoms. The first-order valence-electron chi connectivity index (χ1n) is 6.03. The number of rotatable bonds is 4. The van der Waals surface area contributed by atoms with Gasteiger partial charge in [0.15, 0.2) is 0 Å². The minimum Gasteiger partial charge on any atom is -0.461 e. The van der Waals surface area contributed by atoms with Crippen molar-refractivity contribution in [2.45, 2.75) is 20.8 Å². The van der Waals surface area contributed by atoms with E-state index in [0.29, 0.717) is 27.6 Å². The van der Waals surface area contributed by atoms with Gasteiger partial charge in [0.05, 0.1) is 17.2 Å². The van der Waals surface area contributed by atoms with E-state index < -0.39 is 5.97 Å². The third kappa shape index (κ3) is 3.47. The van der Waals surface area contributed by atoms with Crippen molar-refractivity contribution in [3.8, 4) is 0 Å². The molecule has 5 nitrogen and oxygen atoms in total. The fraction of sp³-hybridized carbons (Fsp3) is 0.538. The molecule has 106 valence electrons. The Morgan fingerprint density at radius 2 is 1.95 bits per heavy atom.